The van der Waals surface area contributed by atoms with Gasteiger partial charge in [-0.3, -0.25) is 19.3 Å². The predicted octanol–water partition coefficient (Wildman–Crippen LogP) is 6.66. The molecule has 8 rings (SSSR count). The van der Waals surface area contributed by atoms with Crippen molar-refractivity contribution >= 4 is 52.2 Å². The Morgan fingerprint density at radius 1 is 0.932 bits per heavy atom. The molecular weight excluding hydrogens is 616 g/mol. The lowest BCUT2D eigenvalue weighted by molar-refractivity contribution is -0.123. The number of hydrogen-bond acceptors (Lipinski definition) is 7. The maximum absolute atomic E-state index is 14.0. The summed E-state index contributed by atoms with van der Waals surface area (Å²) in [4.78, 5) is 45.8. The van der Waals surface area contributed by atoms with Gasteiger partial charge in [-0.15, -0.1) is 11.8 Å². The number of nitrogens with zero attached hydrogens (tertiary/aromatic N) is 1. The summed E-state index contributed by atoms with van der Waals surface area (Å²) in [6, 6.07) is 21.1. The summed E-state index contributed by atoms with van der Waals surface area (Å²) in [5.41, 5.74) is 3.85. The largest absolute Gasteiger partial charge is 0.493 e. The summed E-state index contributed by atoms with van der Waals surface area (Å²) in [6.07, 6.45) is 0.828. The van der Waals surface area contributed by atoms with Crippen LogP contribution in [0.4, 0.5) is 5.69 Å². The number of anilines is 1. The molecule has 1 aromatic heterocycles. The number of nitrogens with one attached hydrogen (secondary N) is 1. The zero-order valence-corrected chi connectivity index (χ0v) is 26.4. The van der Waals surface area contributed by atoms with Gasteiger partial charge in [-0.05, 0) is 78.6 Å². The van der Waals surface area contributed by atoms with Crippen molar-refractivity contribution in [3.8, 4) is 11.5 Å². The molecule has 2 aliphatic carbocycles. The van der Waals surface area contributed by atoms with E-state index in [1.165, 1.54) is 21.8 Å². The third kappa shape index (κ3) is 4.27. The fourth-order valence-electron chi connectivity index (χ4n) is 8.08. The van der Waals surface area contributed by atoms with Crippen LogP contribution in [0.3, 0.4) is 0 Å². The molecule has 1 N–H and O–H groups in total. The van der Waals surface area contributed by atoms with Gasteiger partial charge in [0.05, 0.1) is 29.7 Å². The fourth-order valence-corrected chi connectivity index (χ4v) is 11.1. The van der Waals surface area contributed by atoms with Crippen LogP contribution in [-0.4, -0.2) is 29.2 Å². The molecular formula is C34H29ClN2O5S2. The van der Waals surface area contributed by atoms with E-state index in [9.17, 15) is 14.4 Å². The lowest BCUT2D eigenvalue weighted by Gasteiger charge is -2.43. The first-order valence-corrected chi connectivity index (χ1v) is 16.8. The summed E-state index contributed by atoms with van der Waals surface area (Å²) in [6.45, 7) is 2.47. The number of aryl methyl sites for hydroxylation is 1. The van der Waals surface area contributed by atoms with Crippen molar-refractivity contribution in [2.45, 2.75) is 36.1 Å². The van der Waals surface area contributed by atoms with Crippen molar-refractivity contribution in [3.63, 3.8) is 0 Å². The molecule has 2 amide bonds. The smallest absolute Gasteiger partial charge is 0.305 e. The molecule has 3 heterocycles. The number of aromatic amines is 1. The van der Waals surface area contributed by atoms with Crippen LogP contribution < -0.4 is 19.2 Å². The molecule has 4 aliphatic rings. The van der Waals surface area contributed by atoms with Gasteiger partial charge in [0.25, 0.3) is 0 Å². The van der Waals surface area contributed by atoms with Gasteiger partial charge in [-0.1, -0.05) is 58.8 Å². The summed E-state index contributed by atoms with van der Waals surface area (Å²) >= 11 is 9.02. The van der Waals surface area contributed by atoms with Gasteiger partial charge < -0.3 is 14.5 Å². The number of halogens is 1. The number of thioether (sulfide) groups is 1. The molecule has 224 valence electrons. The van der Waals surface area contributed by atoms with E-state index in [2.05, 4.69) is 42.2 Å². The molecule has 4 aromatic rings. The first-order valence-electron chi connectivity index (χ1n) is 14.7. The summed E-state index contributed by atoms with van der Waals surface area (Å²) < 4.78 is 12.0. The first-order chi connectivity index (χ1) is 21.3. The number of H-pyrrole nitrogens is 1. The Labute approximate surface area is 267 Å². The highest BCUT2D eigenvalue weighted by Crippen LogP contribution is 2.68. The number of amides is 2. The Morgan fingerprint density at radius 2 is 1.66 bits per heavy atom. The first kappa shape index (κ1) is 28.0. The Morgan fingerprint density at radius 3 is 2.39 bits per heavy atom. The maximum Gasteiger partial charge on any atom is 0.305 e. The molecule has 3 aromatic carbocycles. The molecule has 1 saturated heterocycles. The van der Waals surface area contributed by atoms with Gasteiger partial charge in [0, 0.05) is 21.1 Å². The number of ether oxygens (including phenoxy) is 2. The Hall–Kier alpha value is -3.53. The molecule has 44 heavy (non-hydrogen) atoms. The topological polar surface area (TPSA) is 88.7 Å². The molecule has 0 radical (unpaired) electrons. The summed E-state index contributed by atoms with van der Waals surface area (Å²) in [5.74, 6) is 0.358. The third-order valence-corrected chi connectivity index (χ3v) is 12.7. The van der Waals surface area contributed by atoms with Crippen molar-refractivity contribution < 1.29 is 19.1 Å². The zero-order chi connectivity index (χ0) is 30.3. The molecule has 6 unspecified atom stereocenters. The van der Waals surface area contributed by atoms with Gasteiger partial charge in [-0.25, -0.2) is 0 Å². The van der Waals surface area contributed by atoms with Crippen LogP contribution in [0.1, 0.15) is 33.9 Å². The highest BCUT2D eigenvalue weighted by molar-refractivity contribution is 8.00. The molecule has 0 spiro atoms. The van der Waals surface area contributed by atoms with Crippen LogP contribution in [0, 0.1) is 36.5 Å². The second kappa shape index (κ2) is 10.5. The maximum atomic E-state index is 14.0. The van der Waals surface area contributed by atoms with E-state index in [-0.39, 0.29) is 57.4 Å². The van der Waals surface area contributed by atoms with Crippen LogP contribution in [0.15, 0.2) is 76.6 Å². The van der Waals surface area contributed by atoms with Gasteiger partial charge in [-0.2, -0.15) is 0 Å². The predicted molar refractivity (Wildman–Crippen MR) is 171 cm³/mol. The third-order valence-electron chi connectivity index (χ3n) is 9.87. The van der Waals surface area contributed by atoms with E-state index in [1.807, 2.05) is 12.1 Å². The highest BCUT2D eigenvalue weighted by Gasteiger charge is 2.69. The lowest BCUT2D eigenvalue weighted by Crippen LogP contribution is -2.42. The number of benzene rings is 3. The number of methoxy groups -OCH3 is 1. The van der Waals surface area contributed by atoms with Gasteiger partial charge in [0.2, 0.25) is 11.8 Å². The van der Waals surface area contributed by atoms with Crippen LogP contribution in [-0.2, 0) is 16.2 Å². The normalized spacial score (nSPS) is 28.2. The number of hydrogen-bond donors (Lipinski definition) is 1. The average molecular weight is 645 g/mol. The van der Waals surface area contributed by atoms with Gasteiger partial charge in [0.15, 0.2) is 11.5 Å². The molecule has 7 atom stereocenters. The van der Waals surface area contributed by atoms with E-state index < -0.39 is 0 Å². The van der Waals surface area contributed by atoms with E-state index in [0.29, 0.717) is 28.8 Å². The molecule has 7 nitrogen and oxygen atoms in total. The van der Waals surface area contributed by atoms with Gasteiger partial charge in [0.1, 0.15) is 6.61 Å². The van der Waals surface area contributed by atoms with Crippen molar-refractivity contribution in [2.24, 2.45) is 29.6 Å². The second-order valence-corrected chi connectivity index (χ2v) is 14.8. The zero-order valence-electron chi connectivity index (χ0n) is 24.0. The standard InChI is InChI=1S/C34H29ClN2O5S2/c1-16-3-5-17(6-4-16)15-42-23-12-7-18(13-24(23)41-2)25-26-21-14-22(29(26)43-31-30(25)44-34(40)36-31)28-27(21)32(38)37(33(28)39)20-10-8-19(35)9-11-20/h3-13,21-22,25-29H,14-15H2,1-2H3,(H,36,40)/t21?,22?,25-,26?,27?,28?,29?/m1/s1. The van der Waals surface area contributed by atoms with E-state index in [0.717, 1.165) is 27.5 Å². The number of imide groups is 1. The average Bonchev–Trinajstić information content (AvgIpc) is 3.76. The second-order valence-electron chi connectivity index (χ2n) is 12.1. The molecule has 2 saturated carbocycles. The Kier molecular flexibility index (Phi) is 6.70. The van der Waals surface area contributed by atoms with Crippen LogP contribution >= 0.6 is 34.7 Å². The minimum atomic E-state index is -0.372. The number of carbonyl (C=O) groups is 2. The van der Waals surface area contributed by atoms with Crippen LogP contribution in [0.2, 0.25) is 5.02 Å². The molecule has 3 fully saturated rings. The number of thiazole rings is 1. The van der Waals surface area contributed by atoms with Crippen LogP contribution in [0.5, 0.6) is 11.5 Å². The van der Waals surface area contributed by atoms with E-state index in [1.54, 1.807) is 43.1 Å². The van der Waals surface area contributed by atoms with E-state index in [4.69, 9.17) is 21.1 Å². The lowest BCUT2D eigenvalue weighted by atomic mass is 9.68. The molecule has 2 bridgehead atoms. The quantitative estimate of drug-likeness (QED) is 0.236. The number of carbonyl (C=O) groups excluding carboxylic acids is 2. The van der Waals surface area contributed by atoms with Crippen molar-refractivity contribution in [1.29, 1.82) is 0 Å². The monoisotopic (exact) mass is 644 g/mol. The Balaban J connectivity index is 1.14. The Bertz CT molecular complexity index is 1850. The highest BCUT2D eigenvalue weighted by atomic mass is 35.5. The van der Waals surface area contributed by atoms with Crippen molar-refractivity contribution in [2.75, 3.05) is 12.0 Å². The van der Waals surface area contributed by atoms with Crippen LogP contribution in [0.25, 0.3) is 0 Å². The number of aromatic nitrogens is 1. The van der Waals surface area contributed by atoms with E-state index >= 15 is 0 Å². The summed E-state index contributed by atoms with van der Waals surface area (Å²) in [7, 11) is 1.63. The summed E-state index contributed by atoms with van der Waals surface area (Å²) in [5, 5.41) is 1.54. The SMILES string of the molecule is COc1cc([C@H]2c3sc(=O)[nH]c3SC3C4CC(C5C(=O)N(c6ccc(Cl)cc6)C(=O)C45)C32)ccc1OCc1ccc(C)cc1. The number of rotatable bonds is 6. The molecule has 10 heteroatoms. The van der Waals surface area contributed by atoms with Gasteiger partial charge >= 0.3 is 4.87 Å². The molecule has 2 aliphatic heterocycles. The minimum absolute atomic E-state index is 0.0232. The fraction of sp³-hybridized carbons (Fsp3) is 0.324. The van der Waals surface area contributed by atoms with Crippen molar-refractivity contribution in [3.05, 3.63) is 103 Å². The number of fused-ring (bicyclic) bond motifs is 9. The van der Waals surface area contributed by atoms with Crippen molar-refractivity contribution in [1.82, 2.24) is 4.98 Å². The minimum Gasteiger partial charge on any atom is -0.493 e.